The van der Waals surface area contributed by atoms with Gasteiger partial charge in [-0.25, -0.2) is 0 Å². The van der Waals surface area contributed by atoms with Gasteiger partial charge in [0.2, 0.25) is 0 Å². The summed E-state index contributed by atoms with van der Waals surface area (Å²) in [6.07, 6.45) is 0. The molecule has 29 heavy (non-hydrogen) atoms. The standard InChI is InChI=1S/C25H21NO3/c1-16-8-12-18(13-9-16)22-21(23(27)19-14-10-17(2)11-15-19)24(28)25(29)26(22)20-6-4-3-5-7-20/h3-15,22,27H,1-2H3/t22-/m0/s1. The number of aliphatic hydroxyl groups excluding tert-OH is 1. The Hall–Kier alpha value is -3.66. The molecule has 0 radical (unpaired) electrons. The largest absolute Gasteiger partial charge is 0.507 e. The van der Waals surface area contributed by atoms with E-state index in [-0.39, 0.29) is 11.3 Å². The second-order valence-electron chi connectivity index (χ2n) is 7.28. The van der Waals surface area contributed by atoms with E-state index in [4.69, 9.17) is 0 Å². The number of hydrogen-bond donors (Lipinski definition) is 1. The number of hydrogen-bond acceptors (Lipinski definition) is 3. The molecule has 3 aromatic rings. The number of rotatable bonds is 3. The molecule has 144 valence electrons. The molecule has 4 rings (SSSR count). The van der Waals surface area contributed by atoms with Gasteiger partial charge in [-0.1, -0.05) is 77.9 Å². The quantitative estimate of drug-likeness (QED) is 0.396. The van der Waals surface area contributed by atoms with Crippen LogP contribution in [0.1, 0.15) is 28.3 Å². The highest BCUT2D eigenvalue weighted by molar-refractivity contribution is 6.51. The minimum atomic E-state index is -0.695. The van der Waals surface area contributed by atoms with Crippen molar-refractivity contribution in [3.05, 3.63) is 107 Å². The zero-order chi connectivity index (χ0) is 20.5. The fourth-order valence-electron chi connectivity index (χ4n) is 3.62. The third kappa shape index (κ3) is 3.34. The summed E-state index contributed by atoms with van der Waals surface area (Å²) in [5, 5.41) is 11.0. The van der Waals surface area contributed by atoms with Gasteiger partial charge in [-0.2, -0.15) is 0 Å². The minimum Gasteiger partial charge on any atom is -0.507 e. The Kier molecular flexibility index (Phi) is 4.77. The summed E-state index contributed by atoms with van der Waals surface area (Å²) in [5.41, 5.74) is 4.12. The van der Waals surface area contributed by atoms with Crippen molar-refractivity contribution in [2.24, 2.45) is 0 Å². The first-order valence-corrected chi connectivity index (χ1v) is 9.47. The number of Topliss-reactive ketones (excluding diaryl/α,β-unsaturated/α-hetero) is 1. The molecule has 0 unspecified atom stereocenters. The Morgan fingerprint density at radius 3 is 1.93 bits per heavy atom. The molecule has 1 atom stereocenters. The van der Waals surface area contributed by atoms with Gasteiger partial charge in [-0.3, -0.25) is 14.5 Å². The van der Waals surface area contributed by atoms with Crippen molar-refractivity contribution < 1.29 is 14.7 Å². The average Bonchev–Trinajstić information content (AvgIpc) is 3.00. The molecule has 4 heteroatoms. The molecule has 0 spiro atoms. The van der Waals surface area contributed by atoms with Gasteiger partial charge in [0.25, 0.3) is 11.7 Å². The first-order chi connectivity index (χ1) is 14.0. The molecule has 3 aromatic carbocycles. The van der Waals surface area contributed by atoms with E-state index in [0.29, 0.717) is 11.3 Å². The van der Waals surface area contributed by atoms with Crippen molar-refractivity contribution in [2.75, 3.05) is 4.90 Å². The van der Waals surface area contributed by atoms with Crippen LogP contribution in [0, 0.1) is 13.8 Å². The van der Waals surface area contributed by atoms with E-state index in [1.807, 2.05) is 68.4 Å². The average molecular weight is 383 g/mol. The second-order valence-corrected chi connectivity index (χ2v) is 7.28. The van der Waals surface area contributed by atoms with Crippen LogP contribution in [0.5, 0.6) is 0 Å². The smallest absolute Gasteiger partial charge is 0.300 e. The highest BCUT2D eigenvalue weighted by Crippen LogP contribution is 2.42. The van der Waals surface area contributed by atoms with E-state index in [1.165, 1.54) is 4.90 Å². The Morgan fingerprint density at radius 2 is 1.34 bits per heavy atom. The maximum absolute atomic E-state index is 13.0. The van der Waals surface area contributed by atoms with E-state index in [1.54, 1.807) is 24.3 Å². The molecule has 1 heterocycles. The van der Waals surface area contributed by atoms with Crippen molar-refractivity contribution in [2.45, 2.75) is 19.9 Å². The van der Waals surface area contributed by atoms with Gasteiger partial charge in [-0.15, -0.1) is 0 Å². The number of aryl methyl sites for hydroxylation is 2. The summed E-state index contributed by atoms with van der Waals surface area (Å²) in [5.74, 6) is -1.49. The molecule has 1 aliphatic heterocycles. The lowest BCUT2D eigenvalue weighted by atomic mass is 9.94. The van der Waals surface area contributed by atoms with Crippen molar-refractivity contribution in [1.29, 1.82) is 0 Å². The molecular weight excluding hydrogens is 362 g/mol. The van der Waals surface area contributed by atoms with E-state index in [0.717, 1.165) is 16.7 Å². The van der Waals surface area contributed by atoms with Crippen LogP contribution >= 0.6 is 0 Å². The lowest BCUT2D eigenvalue weighted by molar-refractivity contribution is -0.132. The third-order valence-corrected chi connectivity index (χ3v) is 5.20. The number of anilines is 1. The maximum Gasteiger partial charge on any atom is 0.300 e. The van der Waals surface area contributed by atoms with Gasteiger partial charge >= 0.3 is 0 Å². The summed E-state index contributed by atoms with van der Waals surface area (Å²) in [6, 6.07) is 23.3. The van der Waals surface area contributed by atoms with Crippen LogP contribution in [-0.4, -0.2) is 16.8 Å². The molecule has 0 saturated carbocycles. The molecule has 1 aliphatic rings. The Morgan fingerprint density at radius 1 is 0.793 bits per heavy atom. The van der Waals surface area contributed by atoms with Crippen molar-refractivity contribution in [3.8, 4) is 0 Å². The monoisotopic (exact) mass is 383 g/mol. The lowest BCUT2D eigenvalue weighted by Crippen LogP contribution is -2.29. The molecule has 1 amide bonds. The van der Waals surface area contributed by atoms with Crippen LogP contribution in [0.2, 0.25) is 0 Å². The first kappa shape index (κ1) is 18.7. The summed E-state index contributed by atoms with van der Waals surface area (Å²) >= 11 is 0. The number of aliphatic hydroxyl groups is 1. The second kappa shape index (κ2) is 7.40. The normalized spacial score (nSPS) is 18.3. The summed E-state index contributed by atoms with van der Waals surface area (Å²) < 4.78 is 0. The van der Waals surface area contributed by atoms with E-state index in [2.05, 4.69) is 0 Å². The summed E-state index contributed by atoms with van der Waals surface area (Å²) in [4.78, 5) is 27.5. The van der Waals surface area contributed by atoms with Gasteiger partial charge in [0, 0.05) is 11.3 Å². The number of amides is 1. The van der Waals surface area contributed by atoms with Crippen molar-refractivity contribution in [3.63, 3.8) is 0 Å². The van der Waals surface area contributed by atoms with E-state index in [9.17, 15) is 14.7 Å². The SMILES string of the molecule is Cc1ccc(C(O)=C2C(=O)C(=O)N(c3ccccc3)[C@H]2c2ccc(C)cc2)cc1. The van der Waals surface area contributed by atoms with Crippen LogP contribution in [0.3, 0.4) is 0 Å². The fraction of sp³-hybridized carbons (Fsp3) is 0.120. The van der Waals surface area contributed by atoms with Crippen LogP contribution in [0.4, 0.5) is 5.69 Å². The van der Waals surface area contributed by atoms with Gasteiger partial charge in [-0.05, 0) is 31.5 Å². The fourth-order valence-corrected chi connectivity index (χ4v) is 3.62. The molecule has 0 aromatic heterocycles. The minimum absolute atomic E-state index is 0.103. The topological polar surface area (TPSA) is 57.6 Å². The molecule has 0 aliphatic carbocycles. The Labute approximate surface area is 169 Å². The highest BCUT2D eigenvalue weighted by atomic mass is 16.3. The zero-order valence-corrected chi connectivity index (χ0v) is 16.3. The number of benzene rings is 3. The van der Waals surface area contributed by atoms with Crippen molar-refractivity contribution in [1.82, 2.24) is 0 Å². The molecule has 1 saturated heterocycles. The predicted molar refractivity (Wildman–Crippen MR) is 114 cm³/mol. The lowest BCUT2D eigenvalue weighted by Gasteiger charge is -2.25. The van der Waals surface area contributed by atoms with Gasteiger partial charge in [0.1, 0.15) is 5.76 Å². The van der Waals surface area contributed by atoms with Crippen LogP contribution in [0.25, 0.3) is 5.76 Å². The summed E-state index contributed by atoms with van der Waals surface area (Å²) in [6.45, 7) is 3.93. The van der Waals surface area contributed by atoms with E-state index >= 15 is 0 Å². The Bertz CT molecular complexity index is 1100. The predicted octanol–water partition coefficient (Wildman–Crippen LogP) is 4.93. The number of ketones is 1. The molecule has 1 fully saturated rings. The maximum atomic E-state index is 13.0. The third-order valence-electron chi connectivity index (χ3n) is 5.20. The summed E-state index contributed by atoms with van der Waals surface area (Å²) in [7, 11) is 0. The first-order valence-electron chi connectivity index (χ1n) is 9.47. The van der Waals surface area contributed by atoms with Crippen LogP contribution in [0.15, 0.2) is 84.4 Å². The van der Waals surface area contributed by atoms with Gasteiger partial charge in [0.05, 0.1) is 11.6 Å². The van der Waals surface area contributed by atoms with Gasteiger partial charge < -0.3 is 5.11 Å². The van der Waals surface area contributed by atoms with Crippen LogP contribution < -0.4 is 4.90 Å². The Balaban J connectivity index is 1.94. The van der Waals surface area contributed by atoms with Crippen molar-refractivity contribution >= 4 is 23.1 Å². The molecule has 0 bridgehead atoms. The van der Waals surface area contributed by atoms with Gasteiger partial charge in [0.15, 0.2) is 0 Å². The number of carbonyl (C=O) groups excluding carboxylic acids is 2. The number of para-hydroxylation sites is 1. The number of nitrogens with zero attached hydrogens (tertiary/aromatic N) is 1. The molecular formula is C25H21NO3. The van der Waals surface area contributed by atoms with E-state index < -0.39 is 17.7 Å². The van der Waals surface area contributed by atoms with Crippen LogP contribution in [-0.2, 0) is 9.59 Å². The highest BCUT2D eigenvalue weighted by Gasteiger charge is 2.46. The molecule has 1 N–H and O–H groups in total. The molecule has 4 nitrogen and oxygen atoms in total. The number of carbonyl (C=O) groups is 2. The zero-order valence-electron chi connectivity index (χ0n) is 16.3.